The van der Waals surface area contributed by atoms with Crippen LogP contribution in [0.4, 0.5) is 0 Å². The highest BCUT2D eigenvalue weighted by atomic mass is 31.2. The van der Waals surface area contributed by atoms with Crippen LogP contribution in [-0.4, -0.2) is 65.7 Å². The third kappa shape index (κ3) is 41.9. The Bertz CT molecular complexity index is 1090. The quantitative estimate of drug-likeness (QED) is 0.0235. The van der Waals surface area contributed by atoms with Crippen LogP contribution in [-0.2, 0) is 32.7 Å². The third-order valence-electron chi connectivity index (χ3n) is 9.49. The number of hydrogen-bond acceptors (Lipinski definition) is 9. The number of phosphoric ester groups is 1. The average Bonchev–Trinajstić information content (AvgIpc) is 3.20. The molecule has 1 unspecified atom stereocenters. The topological polar surface area (TPSA) is 149 Å². The summed E-state index contributed by atoms with van der Waals surface area (Å²) in [7, 11) is -4.62. The van der Waals surface area contributed by atoms with Gasteiger partial charge in [-0.15, -0.1) is 0 Å². The summed E-state index contributed by atoms with van der Waals surface area (Å²) in [6.07, 6.45) is 45.0. The van der Waals surface area contributed by atoms with Crippen LogP contribution < -0.4 is 0 Å². The molecule has 0 bridgehead atoms. The summed E-state index contributed by atoms with van der Waals surface area (Å²) >= 11 is 0. The van der Waals surface area contributed by atoms with Gasteiger partial charge in [0.25, 0.3) is 0 Å². The molecule has 0 saturated heterocycles. The fourth-order valence-electron chi connectivity index (χ4n) is 5.98. The number of ether oxygens (including phenoxy) is 2. The van der Waals surface area contributed by atoms with Gasteiger partial charge in [0, 0.05) is 12.8 Å². The maximum absolute atomic E-state index is 12.6. The minimum absolute atomic E-state index is 0.179. The lowest BCUT2D eigenvalue weighted by molar-refractivity contribution is -0.161. The lowest BCUT2D eigenvalue weighted by Crippen LogP contribution is -2.29. The van der Waals surface area contributed by atoms with Gasteiger partial charge in [0.2, 0.25) is 0 Å². The number of phosphoric acid groups is 1. The molecule has 57 heavy (non-hydrogen) atoms. The minimum atomic E-state index is -4.62. The number of carbonyl (C=O) groups is 2. The molecule has 0 rings (SSSR count). The summed E-state index contributed by atoms with van der Waals surface area (Å²) in [6, 6.07) is 0. The highest BCUT2D eigenvalue weighted by molar-refractivity contribution is 7.47. The fraction of sp³-hybridized carbons (Fsp3) is 0.783. The van der Waals surface area contributed by atoms with Crippen molar-refractivity contribution in [2.45, 2.75) is 206 Å². The number of rotatable bonds is 42. The molecule has 0 heterocycles. The molecule has 3 atom stereocenters. The first kappa shape index (κ1) is 54.9. The van der Waals surface area contributed by atoms with E-state index >= 15 is 0 Å². The molecule has 10 nitrogen and oxygen atoms in total. The van der Waals surface area contributed by atoms with Crippen LogP contribution in [0.3, 0.4) is 0 Å². The first-order valence-corrected chi connectivity index (χ1v) is 24.1. The first-order valence-electron chi connectivity index (χ1n) is 22.6. The van der Waals surface area contributed by atoms with Crippen molar-refractivity contribution in [1.29, 1.82) is 0 Å². The Balaban J connectivity index is 4.33. The Kier molecular flexibility index (Phi) is 40.5. The molecule has 11 heteroatoms. The van der Waals surface area contributed by atoms with Gasteiger partial charge < -0.3 is 24.6 Å². The molecule has 0 aromatic heterocycles. The van der Waals surface area contributed by atoms with Gasteiger partial charge in [0.15, 0.2) is 6.10 Å². The first-order chi connectivity index (χ1) is 27.7. The van der Waals surface area contributed by atoms with Crippen molar-refractivity contribution in [3.63, 3.8) is 0 Å². The lowest BCUT2D eigenvalue weighted by atomic mass is 10.0. The second-order valence-electron chi connectivity index (χ2n) is 15.1. The second kappa shape index (κ2) is 42.1. The van der Waals surface area contributed by atoms with Crippen LogP contribution in [0.1, 0.15) is 194 Å². The number of esters is 2. The van der Waals surface area contributed by atoms with Gasteiger partial charge in [-0.05, 0) is 57.8 Å². The molecule has 0 aliphatic heterocycles. The molecule has 0 spiro atoms. The van der Waals surface area contributed by atoms with E-state index in [1.54, 1.807) is 0 Å². The molecule has 0 saturated carbocycles. The largest absolute Gasteiger partial charge is 0.472 e. The summed E-state index contributed by atoms with van der Waals surface area (Å²) in [6.45, 7) is 2.33. The minimum Gasteiger partial charge on any atom is -0.462 e. The molecule has 0 aromatic rings. The Morgan fingerprint density at radius 2 is 0.912 bits per heavy atom. The number of aliphatic hydroxyl groups is 2. The molecule has 0 aliphatic carbocycles. The molecule has 0 aromatic carbocycles. The van der Waals surface area contributed by atoms with Gasteiger partial charge in [-0.1, -0.05) is 172 Å². The zero-order valence-corrected chi connectivity index (χ0v) is 36.9. The lowest BCUT2D eigenvalue weighted by Gasteiger charge is -2.20. The van der Waals surface area contributed by atoms with Crippen molar-refractivity contribution in [2.24, 2.45) is 0 Å². The summed E-state index contributed by atoms with van der Waals surface area (Å²) in [4.78, 5) is 35.0. The van der Waals surface area contributed by atoms with Crippen LogP contribution >= 0.6 is 7.82 Å². The van der Waals surface area contributed by atoms with E-state index in [0.29, 0.717) is 12.8 Å². The van der Waals surface area contributed by atoms with Gasteiger partial charge in [-0.2, -0.15) is 0 Å². The van der Waals surface area contributed by atoms with Crippen molar-refractivity contribution >= 4 is 19.8 Å². The number of allylic oxidation sites excluding steroid dienone is 8. The van der Waals surface area contributed by atoms with Crippen LogP contribution in [0.2, 0.25) is 0 Å². The third-order valence-corrected chi connectivity index (χ3v) is 10.4. The van der Waals surface area contributed by atoms with E-state index in [2.05, 4.69) is 62.5 Å². The van der Waals surface area contributed by atoms with Crippen molar-refractivity contribution in [1.82, 2.24) is 0 Å². The summed E-state index contributed by atoms with van der Waals surface area (Å²) < 4.78 is 32.7. The number of unbranched alkanes of at least 4 members (excludes halogenated alkanes) is 20. The SMILES string of the molecule is CCCCC/C=C\C/C=C\C/C=C\C/C=C\CCCCCC(=O)OC[C@H](COP(=O)(O)OC[C@@H](O)CO)OC(=O)CCCCCCCCCCCCCCCCC. The second-order valence-corrected chi connectivity index (χ2v) is 16.5. The van der Waals surface area contributed by atoms with Gasteiger partial charge in [-0.25, -0.2) is 4.57 Å². The Labute approximate surface area is 347 Å². The highest BCUT2D eigenvalue weighted by Gasteiger charge is 2.27. The molecule has 0 amide bonds. The van der Waals surface area contributed by atoms with Crippen molar-refractivity contribution in [2.75, 3.05) is 26.4 Å². The number of carbonyl (C=O) groups excluding carboxylic acids is 2. The van der Waals surface area contributed by atoms with Crippen LogP contribution in [0.15, 0.2) is 48.6 Å². The van der Waals surface area contributed by atoms with Crippen LogP contribution in [0.25, 0.3) is 0 Å². The fourth-order valence-corrected chi connectivity index (χ4v) is 6.77. The number of aliphatic hydroxyl groups excluding tert-OH is 2. The molecule has 0 radical (unpaired) electrons. The van der Waals surface area contributed by atoms with Crippen molar-refractivity contribution < 1.29 is 47.8 Å². The summed E-state index contributed by atoms with van der Waals surface area (Å²) in [5, 5.41) is 18.3. The number of hydrogen-bond donors (Lipinski definition) is 3. The van der Waals surface area contributed by atoms with E-state index in [9.17, 15) is 24.2 Å². The maximum Gasteiger partial charge on any atom is 0.472 e. The zero-order valence-electron chi connectivity index (χ0n) is 36.0. The molecular weight excluding hydrogens is 743 g/mol. The van der Waals surface area contributed by atoms with Crippen molar-refractivity contribution in [3.05, 3.63) is 48.6 Å². The predicted octanol–water partition coefficient (Wildman–Crippen LogP) is 12.1. The van der Waals surface area contributed by atoms with E-state index in [1.807, 2.05) is 0 Å². The van der Waals surface area contributed by atoms with Crippen LogP contribution in [0.5, 0.6) is 0 Å². The normalized spacial score (nSPS) is 14.3. The molecule has 0 fully saturated rings. The maximum atomic E-state index is 12.6. The highest BCUT2D eigenvalue weighted by Crippen LogP contribution is 2.43. The van der Waals surface area contributed by atoms with E-state index in [-0.39, 0.29) is 19.4 Å². The van der Waals surface area contributed by atoms with E-state index in [1.165, 1.54) is 96.3 Å². The molecular formula is C46H83O10P. The predicted molar refractivity (Wildman–Crippen MR) is 233 cm³/mol. The Morgan fingerprint density at radius 3 is 1.40 bits per heavy atom. The van der Waals surface area contributed by atoms with Crippen molar-refractivity contribution in [3.8, 4) is 0 Å². The summed E-state index contributed by atoms with van der Waals surface area (Å²) in [5.74, 6) is -0.957. The summed E-state index contributed by atoms with van der Waals surface area (Å²) in [5.41, 5.74) is 0. The van der Waals surface area contributed by atoms with E-state index in [0.717, 1.165) is 57.8 Å². The van der Waals surface area contributed by atoms with Crippen LogP contribution in [0, 0.1) is 0 Å². The monoisotopic (exact) mass is 827 g/mol. The van der Waals surface area contributed by atoms with E-state index in [4.69, 9.17) is 23.6 Å². The Morgan fingerprint density at radius 1 is 0.526 bits per heavy atom. The molecule has 3 N–H and O–H groups in total. The van der Waals surface area contributed by atoms with Gasteiger partial charge in [0.1, 0.15) is 12.7 Å². The smallest absolute Gasteiger partial charge is 0.462 e. The van der Waals surface area contributed by atoms with E-state index < -0.39 is 51.8 Å². The van der Waals surface area contributed by atoms with Gasteiger partial charge in [0.05, 0.1) is 19.8 Å². The average molecular weight is 827 g/mol. The molecule has 0 aliphatic rings. The standard InChI is InChI=1S/C46H83O10P/c1-3-5-7-9-11-13-15-17-19-20-21-22-24-25-27-29-31-33-35-37-45(49)53-41-44(42-55-57(51,52)54-40-43(48)39-47)56-46(50)38-36-34-32-30-28-26-23-18-16-14-12-10-8-6-4-2/h11,13,17,19,21-22,25,27,43-44,47-48H,3-10,12,14-16,18,20,23-24,26,28-42H2,1-2H3,(H,51,52)/b13-11-,19-17-,22-21-,27-25-/t43-,44+/m0/s1. The van der Waals surface area contributed by atoms with Gasteiger partial charge >= 0.3 is 19.8 Å². The van der Waals surface area contributed by atoms with Gasteiger partial charge in [-0.3, -0.25) is 18.6 Å². The Hall–Kier alpha value is -2.07. The molecule has 332 valence electrons. The zero-order chi connectivity index (χ0) is 41.9.